The molecule has 0 spiro atoms. The predicted molar refractivity (Wildman–Crippen MR) is 54.2 cm³/mol. The normalized spacial score (nSPS) is 26.8. The van der Waals surface area contributed by atoms with Crippen LogP contribution in [0.1, 0.15) is 17.9 Å². The molecule has 0 amide bonds. The first kappa shape index (κ1) is 9.93. The lowest BCUT2D eigenvalue weighted by molar-refractivity contribution is 0.524. The summed E-state index contributed by atoms with van der Waals surface area (Å²) in [7, 11) is 0. The summed E-state index contributed by atoms with van der Waals surface area (Å²) in [5.74, 6) is -0.0495. The fourth-order valence-electron chi connectivity index (χ4n) is 1.52. The molecule has 1 aliphatic rings. The van der Waals surface area contributed by atoms with E-state index in [4.69, 9.17) is 0 Å². The zero-order valence-corrected chi connectivity index (χ0v) is 8.57. The van der Waals surface area contributed by atoms with Crippen LogP contribution in [0.3, 0.4) is 0 Å². The molecule has 1 aromatic rings. The lowest BCUT2D eigenvalue weighted by atomic mass is 10.2. The highest BCUT2D eigenvalue weighted by Gasteiger charge is 2.27. The zero-order chi connectivity index (χ0) is 10.1. The topological polar surface area (TPSA) is 12.0 Å². The third-order valence-corrected chi connectivity index (χ3v) is 3.61. The monoisotopic (exact) mass is 215 g/mol. The van der Waals surface area contributed by atoms with Crippen LogP contribution in [-0.4, -0.2) is 11.8 Å². The molecule has 2 rings (SSSR count). The molecule has 2 atom stereocenters. The van der Waals surface area contributed by atoms with Gasteiger partial charge in [-0.3, -0.25) is 5.32 Å². The quantitative estimate of drug-likeness (QED) is 0.773. The van der Waals surface area contributed by atoms with Gasteiger partial charge in [-0.15, -0.1) is 11.8 Å². The van der Waals surface area contributed by atoms with Crippen LogP contribution in [-0.2, 0) is 0 Å². The molecular formula is C10H11F2NS. The third-order valence-electron chi connectivity index (χ3n) is 2.21. The average molecular weight is 215 g/mol. The molecule has 1 aromatic carbocycles. The summed E-state index contributed by atoms with van der Waals surface area (Å²) in [5.41, 5.74) is 0.154. The van der Waals surface area contributed by atoms with Crippen molar-refractivity contribution in [3.05, 3.63) is 35.4 Å². The summed E-state index contributed by atoms with van der Waals surface area (Å²) >= 11 is 1.54. The van der Waals surface area contributed by atoms with Gasteiger partial charge in [-0.05, 0) is 19.1 Å². The van der Waals surface area contributed by atoms with Gasteiger partial charge in [-0.25, -0.2) is 8.78 Å². The summed E-state index contributed by atoms with van der Waals surface area (Å²) in [6, 6.07) is 4.29. The van der Waals surface area contributed by atoms with Gasteiger partial charge >= 0.3 is 0 Å². The third kappa shape index (κ3) is 1.77. The SMILES string of the molecule is CC1CSC(c2c(F)cccc2F)N1. The Morgan fingerprint density at radius 1 is 1.36 bits per heavy atom. The summed E-state index contributed by atoms with van der Waals surface area (Å²) in [6.07, 6.45) is 0. The minimum Gasteiger partial charge on any atom is -0.298 e. The molecule has 4 heteroatoms. The van der Waals surface area contributed by atoms with E-state index in [1.54, 1.807) is 11.8 Å². The Labute approximate surface area is 85.9 Å². The molecule has 0 aliphatic carbocycles. The Kier molecular flexibility index (Phi) is 2.74. The van der Waals surface area contributed by atoms with E-state index in [1.807, 2.05) is 6.92 Å². The molecule has 1 heterocycles. The summed E-state index contributed by atoms with van der Waals surface area (Å²) in [6.45, 7) is 2.01. The number of thioether (sulfide) groups is 1. The number of benzene rings is 1. The Bertz CT molecular complexity index is 323. The first-order chi connectivity index (χ1) is 6.68. The maximum Gasteiger partial charge on any atom is 0.131 e. The van der Waals surface area contributed by atoms with E-state index in [1.165, 1.54) is 18.2 Å². The van der Waals surface area contributed by atoms with Crippen LogP contribution in [0.5, 0.6) is 0 Å². The molecule has 0 bridgehead atoms. The number of hydrogen-bond donors (Lipinski definition) is 1. The second-order valence-corrected chi connectivity index (χ2v) is 4.55. The Hall–Kier alpha value is -0.610. The molecule has 1 nitrogen and oxygen atoms in total. The number of halogens is 2. The van der Waals surface area contributed by atoms with Gasteiger partial charge < -0.3 is 0 Å². The predicted octanol–water partition coefficient (Wildman–Crippen LogP) is 2.69. The van der Waals surface area contributed by atoms with Gasteiger partial charge in [0, 0.05) is 11.8 Å². The van der Waals surface area contributed by atoms with Gasteiger partial charge in [-0.1, -0.05) is 6.07 Å². The highest BCUT2D eigenvalue weighted by Crippen LogP contribution is 2.35. The lowest BCUT2D eigenvalue weighted by Crippen LogP contribution is -2.23. The molecular weight excluding hydrogens is 204 g/mol. The molecule has 14 heavy (non-hydrogen) atoms. The summed E-state index contributed by atoms with van der Waals surface area (Å²) < 4.78 is 26.7. The maximum absolute atomic E-state index is 13.3. The molecule has 1 saturated heterocycles. The second-order valence-electron chi connectivity index (χ2n) is 3.42. The maximum atomic E-state index is 13.3. The molecule has 1 N–H and O–H groups in total. The standard InChI is InChI=1S/C10H11F2NS/c1-6-5-14-10(13-6)9-7(11)3-2-4-8(9)12/h2-4,6,10,13H,5H2,1H3. The molecule has 1 fully saturated rings. The molecule has 0 saturated carbocycles. The van der Waals surface area contributed by atoms with Gasteiger partial charge in [0.2, 0.25) is 0 Å². The van der Waals surface area contributed by atoms with Crippen LogP contribution >= 0.6 is 11.8 Å². The van der Waals surface area contributed by atoms with E-state index in [0.717, 1.165) is 5.75 Å². The van der Waals surface area contributed by atoms with Crippen molar-refractivity contribution in [3.8, 4) is 0 Å². The molecule has 2 unspecified atom stereocenters. The van der Waals surface area contributed by atoms with Crippen molar-refractivity contribution in [2.75, 3.05) is 5.75 Å². The number of hydrogen-bond acceptors (Lipinski definition) is 2. The fourth-order valence-corrected chi connectivity index (χ4v) is 2.82. The highest BCUT2D eigenvalue weighted by molar-refractivity contribution is 7.99. The highest BCUT2D eigenvalue weighted by atomic mass is 32.2. The van der Waals surface area contributed by atoms with Crippen LogP contribution in [0.25, 0.3) is 0 Å². The molecule has 0 aromatic heterocycles. The summed E-state index contributed by atoms with van der Waals surface area (Å²) in [5, 5.41) is 2.89. The van der Waals surface area contributed by atoms with Crippen molar-refractivity contribution in [1.29, 1.82) is 0 Å². The van der Waals surface area contributed by atoms with Gasteiger partial charge in [0.25, 0.3) is 0 Å². The van der Waals surface area contributed by atoms with Crippen LogP contribution in [0.2, 0.25) is 0 Å². The van der Waals surface area contributed by atoms with Crippen LogP contribution in [0, 0.1) is 11.6 Å². The van der Waals surface area contributed by atoms with E-state index >= 15 is 0 Å². The summed E-state index contributed by atoms with van der Waals surface area (Å²) in [4.78, 5) is 0. The van der Waals surface area contributed by atoms with Gasteiger partial charge in [-0.2, -0.15) is 0 Å². The van der Waals surface area contributed by atoms with E-state index in [-0.39, 0.29) is 10.9 Å². The van der Waals surface area contributed by atoms with Crippen LogP contribution in [0.4, 0.5) is 8.78 Å². The first-order valence-corrected chi connectivity index (χ1v) is 5.55. The zero-order valence-electron chi connectivity index (χ0n) is 7.76. The minimum absolute atomic E-state index is 0.154. The average Bonchev–Trinajstić information content (AvgIpc) is 2.51. The molecule has 76 valence electrons. The lowest BCUT2D eigenvalue weighted by Gasteiger charge is -2.12. The van der Waals surface area contributed by atoms with Gasteiger partial charge in [0.15, 0.2) is 0 Å². The Morgan fingerprint density at radius 3 is 2.50 bits per heavy atom. The number of nitrogens with one attached hydrogen (secondary N) is 1. The Morgan fingerprint density at radius 2 is 2.00 bits per heavy atom. The van der Waals surface area contributed by atoms with Crippen LogP contribution < -0.4 is 5.32 Å². The van der Waals surface area contributed by atoms with E-state index in [9.17, 15) is 8.78 Å². The van der Waals surface area contributed by atoms with Crippen LogP contribution in [0.15, 0.2) is 18.2 Å². The molecule has 0 radical (unpaired) electrons. The van der Waals surface area contributed by atoms with Crippen molar-refractivity contribution >= 4 is 11.8 Å². The van der Waals surface area contributed by atoms with Gasteiger partial charge in [0.05, 0.1) is 10.9 Å². The van der Waals surface area contributed by atoms with Crippen molar-refractivity contribution in [2.45, 2.75) is 18.3 Å². The second kappa shape index (κ2) is 3.87. The largest absolute Gasteiger partial charge is 0.298 e. The smallest absolute Gasteiger partial charge is 0.131 e. The van der Waals surface area contributed by atoms with E-state index in [0.29, 0.717) is 6.04 Å². The van der Waals surface area contributed by atoms with Crippen molar-refractivity contribution < 1.29 is 8.78 Å². The van der Waals surface area contributed by atoms with Crippen molar-refractivity contribution in [1.82, 2.24) is 5.32 Å². The minimum atomic E-state index is -0.468. The fraction of sp³-hybridized carbons (Fsp3) is 0.400. The molecule has 1 aliphatic heterocycles. The Balaban J connectivity index is 2.31. The number of rotatable bonds is 1. The van der Waals surface area contributed by atoms with E-state index in [2.05, 4.69) is 5.32 Å². The van der Waals surface area contributed by atoms with Gasteiger partial charge in [0.1, 0.15) is 11.6 Å². The van der Waals surface area contributed by atoms with Crippen molar-refractivity contribution in [3.63, 3.8) is 0 Å². The first-order valence-electron chi connectivity index (χ1n) is 4.50. The van der Waals surface area contributed by atoms with E-state index < -0.39 is 11.6 Å². The van der Waals surface area contributed by atoms with Crippen molar-refractivity contribution in [2.24, 2.45) is 0 Å².